The summed E-state index contributed by atoms with van der Waals surface area (Å²) in [7, 11) is 0. The largest absolute Gasteiger partial charge is 0.496 e. The van der Waals surface area contributed by atoms with Crippen LogP contribution in [0.3, 0.4) is 0 Å². The number of carbonyl (C=O) groups excluding carboxylic acids is 1. The molecule has 0 amide bonds. The van der Waals surface area contributed by atoms with E-state index in [1.165, 1.54) is 16.7 Å². The van der Waals surface area contributed by atoms with Crippen LogP contribution >= 0.6 is 0 Å². The molecule has 4 aromatic carbocycles. The van der Waals surface area contributed by atoms with Gasteiger partial charge in [0.2, 0.25) is 0 Å². The van der Waals surface area contributed by atoms with Gasteiger partial charge in [0.15, 0.2) is 5.78 Å². The summed E-state index contributed by atoms with van der Waals surface area (Å²) in [6, 6.07) is 32.7. The third-order valence-electron chi connectivity index (χ3n) is 8.60. The summed E-state index contributed by atoms with van der Waals surface area (Å²) in [5.41, 5.74) is 8.34. The van der Waals surface area contributed by atoms with Gasteiger partial charge in [0.05, 0.1) is 43.2 Å². The highest BCUT2D eigenvalue weighted by Gasteiger charge is 2.47. The number of ketones is 1. The fraction of sp³-hybridized carbons (Fsp3) is 0.308. The van der Waals surface area contributed by atoms with Gasteiger partial charge in [0, 0.05) is 12.8 Å². The lowest BCUT2D eigenvalue weighted by Crippen LogP contribution is -2.50. The summed E-state index contributed by atoms with van der Waals surface area (Å²) >= 11 is 0. The molecule has 1 aliphatic heterocycles. The predicted octanol–water partition coefficient (Wildman–Crippen LogP) is 8.08. The molecule has 5 heteroatoms. The van der Waals surface area contributed by atoms with Crippen molar-refractivity contribution in [2.24, 2.45) is 5.92 Å². The molecule has 6 rings (SSSR count). The van der Waals surface area contributed by atoms with E-state index in [2.05, 4.69) is 93.6 Å². The maximum absolute atomic E-state index is 14.1. The number of Topliss-reactive ketones (excluding diaryl/α,β-unsaturated/α-hetero) is 1. The molecule has 44 heavy (non-hydrogen) atoms. The van der Waals surface area contributed by atoms with Gasteiger partial charge < -0.3 is 18.9 Å². The van der Waals surface area contributed by atoms with Gasteiger partial charge in [-0.2, -0.15) is 0 Å². The molecule has 2 aliphatic rings. The Balaban J connectivity index is 1.15. The molecule has 1 heterocycles. The minimum atomic E-state index is -0.405. The van der Waals surface area contributed by atoms with E-state index in [4.69, 9.17) is 18.9 Å². The minimum Gasteiger partial charge on any atom is -0.496 e. The highest BCUT2D eigenvalue weighted by atomic mass is 16.5. The fourth-order valence-electron chi connectivity index (χ4n) is 5.90. The van der Waals surface area contributed by atoms with Crippen molar-refractivity contribution in [3.8, 4) is 5.75 Å². The molecule has 5 nitrogen and oxygen atoms in total. The second kappa shape index (κ2) is 13.6. The molecule has 0 aromatic heterocycles. The number of aryl methyl sites for hydroxylation is 3. The fourth-order valence-corrected chi connectivity index (χ4v) is 5.90. The molecule has 0 radical (unpaired) electrons. The van der Waals surface area contributed by atoms with Gasteiger partial charge in [-0.15, -0.1) is 0 Å². The van der Waals surface area contributed by atoms with Gasteiger partial charge in [0.1, 0.15) is 18.5 Å². The van der Waals surface area contributed by atoms with Crippen molar-refractivity contribution in [2.45, 2.75) is 71.7 Å². The molecule has 226 valence electrons. The highest BCUT2D eigenvalue weighted by Crippen LogP contribution is 2.39. The third kappa shape index (κ3) is 7.29. The quantitative estimate of drug-likeness (QED) is 0.187. The Morgan fingerprint density at radius 1 is 0.636 bits per heavy atom. The van der Waals surface area contributed by atoms with Crippen LogP contribution in [-0.2, 0) is 38.8 Å². The van der Waals surface area contributed by atoms with Gasteiger partial charge in [-0.1, -0.05) is 102 Å². The van der Waals surface area contributed by atoms with Crippen molar-refractivity contribution in [3.05, 3.63) is 142 Å². The molecule has 4 aromatic rings. The molecular weight excluding hydrogens is 548 g/mol. The van der Waals surface area contributed by atoms with Crippen molar-refractivity contribution < 1.29 is 23.7 Å². The zero-order chi connectivity index (χ0) is 30.5. The van der Waals surface area contributed by atoms with Gasteiger partial charge in [0.25, 0.3) is 0 Å². The van der Waals surface area contributed by atoms with Crippen LogP contribution in [-0.4, -0.2) is 24.1 Å². The number of benzene rings is 4. The number of ether oxygens (including phenoxy) is 4. The van der Waals surface area contributed by atoms with Crippen LogP contribution in [0.4, 0.5) is 0 Å². The van der Waals surface area contributed by atoms with E-state index >= 15 is 0 Å². The van der Waals surface area contributed by atoms with Crippen molar-refractivity contribution in [2.75, 3.05) is 0 Å². The lowest BCUT2D eigenvalue weighted by molar-refractivity contribution is -0.151. The molecule has 0 spiro atoms. The standard InChI is InChI=1S/C39H40O5/c1-26-4-10-29(11-5-26)22-41-33-18-16-32(17-19-33)35-25-44-37-21-34(42-23-30-12-6-27(2)7-13-30)20-36(38(37)39(35)40)43-24-31-14-8-28(3)9-15-31/h4-19,25,34,36-38H,20-24H2,1-3H3. The summed E-state index contributed by atoms with van der Waals surface area (Å²) in [6.45, 7) is 7.65. The lowest BCUT2D eigenvalue weighted by atomic mass is 9.75. The van der Waals surface area contributed by atoms with E-state index in [9.17, 15) is 4.79 Å². The summed E-state index contributed by atoms with van der Waals surface area (Å²) in [5.74, 6) is 0.403. The SMILES string of the molecule is Cc1ccc(COc2ccc(C3=COC4CC(OCc5ccc(C)cc5)CC(OCc5ccc(C)cc5)C4C3=O)cc2)cc1. The number of allylic oxidation sites excluding steroid dienone is 1. The van der Waals surface area contributed by atoms with Crippen molar-refractivity contribution in [1.29, 1.82) is 0 Å². The number of hydrogen-bond donors (Lipinski definition) is 0. The molecule has 4 atom stereocenters. The Labute approximate surface area is 260 Å². The second-order valence-corrected chi connectivity index (χ2v) is 12.1. The van der Waals surface area contributed by atoms with E-state index in [0.29, 0.717) is 38.2 Å². The average Bonchev–Trinajstić information content (AvgIpc) is 3.04. The van der Waals surface area contributed by atoms with Crippen molar-refractivity contribution in [3.63, 3.8) is 0 Å². The number of hydrogen-bond acceptors (Lipinski definition) is 5. The number of rotatable bonds is 10. The zero-order valence-corrected chi connectivity index (χ0v) is 25.7. The summed E-state index contributed by atoms with van der Waals surface area (Å²) in [6.07, 6.45) is 2.20. The predicted molar refractivity (Wildman–Crippen MR) is 172 cm³/mol. The second-order valence-electron chi connectivity index (χ2n) is 12.1. The summed E-state index contributed by atoms with van der Waals surface area (Å²) in [4.78, 5) is 14.1. The third-order valence-corrected chi connectivity index (χ3v) is 8.60. The molecule has 1 aliphatic carbocycles. The Hall–Kier alpha value is -4.19. The van der Waals surface area contributed by atoms with Crippen molar-refractivity contribution >= 4 is 11.4 Å². The molecule has 0 saturated heterocycles. The Bertz CT molecular complexity index is 1570. The first-order valence-electron chi connectivity index (χ1n) is 15.4. The normalized spacial score (nSPS) is 21.2. The smallest absolute Gasteiger partial charge is 0.175 e. The van der Waals surface area contributed by atoms with E-state index in [-0.39, 0.29) is 24.1 Å². The molecule has 4 unspecified atom stereocenters. The average molecular weight is 589 g/mol. The topological polar surface area (TPSA) is 54.0 Å². The first-order valence-corrected chi connectivity index (χ1v) is 15.4. The van der Waals surface area contributed by atoms with Crippen molar-refractivity contribution in [1.82, 2.24) is 0 Å². The van der Waals surface area contributed by atoms with Crippen LogP contribution in [0.2, 0.25) is 0 Å². The maximum Gasteiger partial charge on any atom is 0.175 e. The van der Waals surface area contributed by atoms with Gasteiger partial charge in [-0.3, -0.25) is 4.79 Å². The molecule has 0 bridgehead atoms. The first-order chi connectivity index (χ1) is 21.4. The van der Waals surface area contributed by atoms with Gasteiger partial charge in [-0.25, -0.2) is 0 Å². The Morgan fingerprint density at radius 3 is 1.73 bits per heavy atom. The van der Waals surface area contributed by atoms with Crippen LogP contribution < -0.4 is 4.74 Å². The van der Waals surface area contributed by atoms with E-state index in [0.717, 1.165) is 28.0 Å². The number of carbonyl (C=O) groups is 1. The van der Waals surface area contributed by atoms with Gasteiger partial charge in [-0.05, 0) is 55.2 Å². The number of fused-ring (bicyclic) bond motifs is 1. The van der Waals surface area contributed by atoms with Crippen LogP contribution in [0.25, 0.3) is 5.57 Å². The lowest BCUT2D eigenvalue weighted by Gasteiger charge is -2.42. The Kier molecular flexibility index (Phi) is 9.25. The maximum atomic E-state index is 14.1. The van der Waals surface area contributed by atoms with Crippen LogP contribution in [0, 0.1) is 26.7 Å². The molecule has 1 fully saturated rings. The summed E-state index contributed by atoms with van der Waals surface area (Å²) < 4.78 is 25.1. The van der Waals surface area contributed by atoms with Crippen LogP contribution in [0.1, 0.15) is 51.8 Å². The van der Waals surface area contributed by atoms with E-state index in [1.54, 1.807) is 6.26 Å². The molecular formula is C39H40O5. The first kappa shape index (κ1) is 29.9. The van der Waals surface area contributed by atoms with Crippen LogP contribution in [0.15, 0.2) is 103 Å². The minimum absolute atomic E-state index is 0.0560. The summed E-state index contributed by atoms with van der Waals surface area (Å²) in [5, 5.41) is 0. The highest BCUT2D eigenvalue weighted by molar-refractivity contribution is 6.22. The van der Waals surface area contributed by atoms with Gasteiger partial charge >= 0.3 is 0 Å². The van der Waals surface area contributed by atoms with Crippen LogP contribution in [0.5, 0.6) is 5.75 Å². The van der Waals surface area contributed by atoms with E-state index in [1.807, 2.05) is 24.3 Å². The molecule has 1 saturated carbocycles. The monoisotopic (exact) mass is 588 g/mol. The Morgan fingerprint density at radius 2 is 1.16 bits per heavy atom. The molecule has 0 N–H and O–H groups in total. The zero-order valence-electron chi connectivity index (χ0n) is 25.7. The van der Waals surface area contributed by atoms with E-state index < -0.39 is 5.92 Å².